The Kier molecular flexibility index (Phi) is 5.87. The van der Waals surface area contributed by atoms with E-state index in [0.717, 1.165) is 30.1 Å². The fourth-order valence-corrected chi connectivity index (χ4v) is 4.39. The standard InChI is InChI=1S/C22H21F2N3OS/c23-17-5-3-4-16(14-17)21-9-8-18(29-21)15-26-10-12-27(13-11-26)22(28)25-20-7-2-1-6-19(20)24/h1-9,14H,10-13,15H2,(H,25,28). The number of carbonyl (C=O) groups excluding carboxylic acids is 1. The van der Waals surface area contributed by atoms with Gasteiger partial charge in [-0.1, -0.05) is 24.3 Å². The zero-order valence-electron chi connectivity index (χ0n) is 15.8. The van der Waals surface area contributed by atoms with Crippen molar-refractivity contribution in [1.29, 1.82) is 0 Å². The largest absolute Gasteiger partial charge is 0.322 e. The number of thiophene rings is 1. The molecule has 29 heavy (non-hydrogen) atoms. The summed E-state index contributed by atoms with van der Waals surface area (Å²) in [6.45, 7) is 3.46. The fraction of sp³-hybridized carbons (Fsp3) is 0.227. The van der Waals surface area contributed by atoms with E-state index in [1.807, 2.05) is 12.1 Å². The maximum absolute atomic E-state index is 13.7. The predicted octanol–water partition coefficient (Wildman–Crippen LogP) is 5.04. The molecule has 2 amide bonds. The quantitative estimate of drug-likeness (QED) is 0.650. The van der Waals surface area contributed by atoms with Crippen LogP contribution in [0.5, 0.6) is 0 Å². The number of halogens is 2. The van der Waals surface area contributed by atoms with Crippen LogP contribution in [0.4, 0.5) is 19.3 Å². The van der Waals surface area contributed by atoms with Crippen molar-refractivity contribution in [3.05, 3.63) is 77.2 Å². The van der Waals surface area contributed by atoms with Crippen molar-refractivity contribution in [2.75, 3.05) is 31.5 Å². The van der Waals surface area contributed by atoms with Gasteiger partial charge in [0.1, 0.15) is 11.6 Å². The molecule has 1 aliphatic rings. The Balaban J connectivity index is 1.30. The molecule has 1 aromatic heterocycles. The van der Waals surface area contributed by atoms with Gasteiger partial charge in [-0.2, -0.15) is 0 Å². The first kappa shape index (κ1) is 19.5. The minimum atomic E-state index is -0.439. The lowest BCUT2D eigenvalue weighted by Gasteiger charge is -2.34. The molecule has 2 heterocycles. The third-order valence-electron chi connectivity index (χ3n) is 4.93. The van der Waals surface area contributed by atoms with Gasteiger partial charge in [0.2, 0.25) is 0 Å². The molecule has 2 aromatic carbocycles. The number of carbonyl (C=O) groups is 1. The van der Waals surface area contributed by atoms with Gasteiger partial charge in [0.25, 0.3) is 0 Å². The van der Waals surface area contributed by atoms with Crippen molar-refractivity contribution in [3.63, 3.8) is 0 Å². The summed E-state index contributed by atoms with van der Waals surface area (Å²) in [6.07, 6.45) is 0. The average Bonchev–Trinajstić information content (AvgIpc) is 3.19. The van der Waals surface area contributed by atoms with E-state index in [1.54, 1.807) is 46.6 Å². The van der Waals surface area contributed by atoms with Gasteiger partial charge in [-0.05, 0) is 42.0 Å². The molecule has 4 rings (SSSR count). The lowest BCUT2D eigenvalue weighted by atomic mass is 10.2. The van der Waals surface area contributed by atoms with Crippen LogP contribution in [-0.2, 0) is 6.54 Å². The third-order valence-corrected chi connectivity index (χ3v) is 6.04. The second kappa shape index (κ2) is 8.71. The molecule has 1 N–H and O–H groups in total. The first-order valence-corrected chi connectivity index (χ1v) is 10.3. The highest BCUT2D eigenvalue weighted by molar-refractivity contribution is 7.15. The molecular formula is C22H21F2N3OS. The summed E-state index contributed by atoms with van der Waals surface area (Å²) in [6, 6.07) is 16.6. The van der Waals surface area contributed by atoms with Crippen molar-refractivity contribution >= 4 is 23.1 Å². The van der Waals surface area contributed by atoms with Gasteiger partial charge in [-0.25, -0.2) is 13.6 Å². The monoisotopic (exact) mass is 413 g/mol. The number of benzene rings is 2. The minimum absolute atomic E-state index is 0.198. The molecule has 1 fully saturated rings. The average molecular weight is 413 g/mol. The Morgan fingerprint density at radius 2 is 1.76 bits per heavy atom. The van der Waals surface area contributed by atoms with Crippen molar-refractivity contribution < 1.29 is 13.6 Å². The number of rotatable bonds is 4. The van der Waals surface area contributed by atoms with Crippen LogP contribution < -0.4 is 5.32 Å². The summed E-state index contributed by atoms with van der Waals surface area (Å²) < 4.78 is 27.1. The molecule has 0 spiro atoms. The lowest BCUT2D eigenvalue weighted by Crippen LogP contribution is -2.49. The number of piperazine rings is 1. The topological polar surface area (TPSA) is 35.6 Å². The number of para-hydroxylation sites is 1. The van der Waals surface area contributed by atoms with Gasteiger partial charge >= 0.3 is 6.03 Å². The van der Waals surface area contributed by atoms with Crippen molar-refractivity contribution in [3.8, 4) is 10.4 Å². The van der Waals surface area contributed by atoms with Crippen molar-refractivity contribution in [1.82, 2.24) is 9.80 Å². The molecule has 3 aromatic rings. The van der Waals surface area contributed by atoms with Crippen LogP contribution in [-0.4, -0.2) is 42.0 Å². The second-order valence-electron chi connectivity index (χ2n) is 6.95. The summed E-state index contributed by atoms with van der Waals surface area (Å²) in [5.41, 5.74) is 1.08. The number of urea groups is 1. The summed E-state index contributed by atoms with van der Waals surface area (Å²) in [5.74, 6) is -0.673. The highest BCUT2D eigenvalue weighted by atomic mass is 32.1. The first-order valence-electron chi connectivity index (χ1n) is 9.46. The number of anilines is 1. The highest BCUT2D eigenvalue weighted by Gasteiger charge is 2.22. The zero-order valence-corrected chi connectivity index (χ0v) is 16.6. The van der Waals surface area contributed by atoms with E-state index in [1.165, 1.54) is 17.0 Å². The van der Waals surface area contributed by atoms with E-state index < -0.39 is 5.82 Å². The van der Waals surface area contributed by atoms with Crippen molar-refractivity contribution in [2.24, 2.45) is 0 Å². The SMILES string of the molecule is O=C(Nc1ccccc1F)N1CCN(Cc2ccc(-c3cccc(F)c3)s2)CC1. The zero-order chi connectivity index (χ0) is 20.2. The van der Waals surface area contributed by atoms with Crippen LogP contribution in [0.25, 0.3) is 10.4 Å². The van der Waals surface area contributed by atoms with E-state index in [2.05, 4.69) is 16.3 Å². The van der Waals surface area contributed by atoms with Crippen LogP contribution in [0.15, 0.2) is 60.7 Å². The second-order valence-corrected chi connectivity index (χ2v) is 8.12. The molecule has 0 bridgehead atoms. The molecule has 0 saturated carbocycles. The Morgan fingerprint density at radius 3 is 2.52 bits per heavy atom. The molecule has 0 atom stereocenters. The van der Waals surface area contributed by atoms with Crippen LogP contribution in [0.3, 0.4) is 0 Å². The van der Waals surface area contributed by atoms with E-state index in [4.69, 9.17) is 0 Å². The predicted molar refractivity (Wildman–Crippen MR) is 112 cm³/mol. The smallest absolute Gasteiger partial charge is 0.322 e. The molecule has 0 aliphatic carbocycles. The lowest BCUT2D eigenvalue weighted by molar-refractivity contribution is 0.143. The summed E-state index contributed by atoms with van der Waals surface area (Å²) in [4.78, 5) is 18.6. The first-order chi connectivity index (χ1) is 14.1. The van der Waals surface area contributed by atoms with E-state index in [0.29, 0.717) is 13.1 Å². The fourth-order valence-electron chi connectivity index (χ4n) is 3.35. The van der Waals surface area contributed by atoms with Gasteiger partial charge in [-0.3, -0.25) is 4.90 Å². The Morgan fingerprint density at radius 1 is 0.966 bits per heavy atom. The van der Waals surface area contributed by atoms with Crippen molar-refractivity contribution in [2.45, 2.75) is 6.54 Å². The minimum Gasteiger partial charge on any atom is -0.322 e. The van der Waals surface area contributed by atoms with E-state index in [-0.39, 0.29) is 17.5 Å². The number of hydrogen-bond donors (Lipinski definition) is 1. The summed E-state index contributed by atoms with van der Waals surface area (Å²) in [7, 11) is 0. The molecule has 0 unspecified atom stereocenters. The summed E-state index contributed by atoms with van der Waals surface area (Å²) in [5, 5.41) is 2.64. The van der Waals surface area contributed by atoms with Crippen LogP contribution in [0.1, 0.15) is 4.88 Å². The van der Waals surface area contributed by atoms with E-state index >= 15 is 0 Å². The molecular weight excluding hydrogens is 392 g/mol. The Labute approximate surface area is 172 Å². The maximum atomic E-state index is 13.7. The summed E-state index contributed by atoms with van der Waals surface area (Å²) >= 11 is 1.66. The number of nitrogens with zero attached hydrogens (tertiary/aromatic N) is 2. The van der Waals surface area contributed by atoms with Crippen LogP contribution in [0, 0.1) is 11.6 Å². The molecule has 150 valence electrons. The van der Waals surface area contributed by atoms with Gasteiger partial charge in [0.15, 0.2) is 0 Å². The number of hydrogen-bond acceptors (Lipinski definition) is 3. The molecule has 1 aliphatic heterocycles. The normalized spacial score (nSPS) is 14.8. The Bertz CT molecular complexity index is 999. The van der Waals surface area contributed by atoms with Gasteiger partial charge in [0, 0.05) is 42.5 Å². The van der Waals surface area contributed by atoms with Crippen LogP contribution in [0.2, 0.25) is 0 Å². The highest BCUT2D eigenvalue weighted by Crippen LogP contribution is 2.29. The number of nitrogens with one attached hydrogen (secondary N) is 1. The van der Waals surface area contributed by atoms with E-state index in [9.17, 15) is 13.6 Å². The molecule has 4 nitrogen and oxygen atoms in total. The molecule has 1 saturated heterocycles. The molecule has 7 heteroatoms. The van der Waals surface area contributed by atoms with Gasteiger partial charge in [-0.15, -0.1) is 11.3 Å². The van der Waals surface area contributed by atoms with Gasteiger partial charge < -0.3 is 10.2 Å². The maximum Gasteiger partial charge on any atom is 0.322 e. The Hall–Kier alpha value is -2.77. The third kappa shape index (κ3) is 4.81. The van der Waals surface area contributed by atoms with Crippen LogP contribution >= 0.6 is 11.3 Å². The van der Waals surface area contributed by atoms with Gasteiger partial charge in [0.05, 0.1) is 5.69 Å². The molecule has 0 radical (unpaired) electrons. The number of amides is 2.